The van der Waals surface area contributed by atoms with Gasteiger partial charge in [-0.05, 0) is 30.3 Å². The monoisotopic (exact) mass is 334 g/mol. The summed E-state index contributed by atoms with van der Waals surface area (Å²) in [6, 6.07) is 11.8. The predicted molar refractivity (Wildman–Crippen MR) is 92.7 cm³/mol. The number of hydrogen-bond acceptors (Lipinski definition) is 4. The molecule has 7 heteroatoms. The Labute approximate surface area is 142 Å². The number of H-pyrrole nitrogens is 1. The number of hydrogen-bond donors (Lipinski definition) is 3. The van der Waals surface area contributed by atoms with Crippen LogP contribution in [-0.2, 0) is 0 Å². The first-order valence-electron chi connectivity index (χ1n) is 7.57. The number of urea groups is 1. The molecule has 0 saturated carbocycles. The van der Waals surface area contributed by atoms with E-state index in [1.165, 1.54) is 0 Å². The van der Waals surface area contributed by atoms with E-state index in [-0.39, 0.29) is 5.78 Å². The van der Waals surface area contributed by atoms with Gasteiger partial charge >= 0.3 is 6.03 Å². The molecule has 1 aliphatic carbocycles. The summed E-state index contributed by atoms with van der Waals surface area (Å²) in [5.41, 5.74) is 9.16. The molecule has 4 rings (SSSR count). The third-order valence-corrected chi connectivity index (χ3v) is 4.18. The zero-order valence-corrected chi connectivity index (χ0v) is 13.3. The van der Waals surface area contributed by atoms with Gasteiger partial charge in [-0.25, -0.2) is 4.79 Å². The van der Waals surface area contributed by atoms with Crippen LogP contribution in [0.1, 0.15) is 15.9 Å². The van der Waals surface area contributed by atoms with Gasteiger partial charge in [-0.15, -0.1) is 0 Å². The third kappa shape index (κ3) is 2.25. The lowest BCUT2D eigenvalue weighted by Crippen LogP contribution is -2.20. The minimum atomic E-state index is -0.720. The molecular formula is C18H14N4O3. The number of fused-ring (bicyclic) bond motifs is 3. The van der Waals surface area contributed by atoms with Gasteiger partial charge in [-0.2, -0.15) is 5.10 Å². The zero-order chi connectivity index (χ0) is 17.6. The van der Waals surface area contributed by atoms with Crippen molar-refractivity contribution in [3.63, 3.8) is 0 Å². The number of nitrogens with one attached hydrogen (secondary N) is 2. The van der Waals surface area contributed by atoms with Gasteiger partial charge in [0.15, 0.2) is 5.78 Å². The molecule has 1 aliphatic rings. The molecule has 0 aliphatic heterocycles. The summed E-state index contributed by atoms with van der Waals surface area (Å²) in [7, 11) is 1.59. The number of carbonyl (C=O) groups is 2. The highest BCUT2D eigenvalue weighted by Gasteiger charge is 2.35. The van der Waals surface area contributed by atoms with E-state index in [0.29, 0.717) is 33.8 Å². The van der Waals surface area contributed by atoms with Gasteiger partial charge in [0.1, 0.15) is 11.4 Å². The van der Waals surface area contributed by atoms with Crippen LogP contribution in [0.5, 0.6) is 5.75 Å². The molecular weight excluding hydrogens is 320 g/mol. The van der Waals surface area contributed by atoms with E-state index >= 15 is 0 Å². The predicted octanol–water partition coefficient (Wildman–Crippen LogP) is 2.79. The van der Waals surface area contributed by atoms with E-state index in [4.69, 9.17) is 10.5 Å². The van der Waals surface area contributed by atoms with Crippen molar-refractivity contribution >= 4 is 17.5 Å². The smallest absolute Gasteiger partial charge is 0.316 e. The summed E-state index contributed by atoms with van der Waals surface area (Å²) in [5, 5.41) is 9.74. The molecule has 0 spiro atoms. The van der Waals surface area contributed by atoms with Crippen molar-refractivity contribution in [3.8, 4) is 28.3 Å². The van der Waals surface area contributed by atoms with Gasteiger partial charge in [0.2, 0.25) is 0 Å². The van der Waals surface area contributed by atoms with Crippen molar-refractivity contribution in [1.82, 2.24) is 10.2 Å². The Balaban J connectivity index is 1.84. The van der Waals surface area contributed by atoms with Gasteiger partial charge in [-0.3, -0.25) is 9.89 Å². The van der Waals surface area contributed by atoms with Crippen molar-refractivity contribution in [2.45, 2.75) is 0 Å². The van der Waals surface area contributed by atoms with Crippen LogP contribution < -0.4 is 15.8 Å². The minimum absolute atomic E-state index is 0.200. The normalized spacial score (nSPS) is 11.8. The summed E-state index contributed by atoms with van der Waals surface area (Å²) in [6.07, 6.45) is 0. The van der Waals surface area contributed by atoms with Crippen LogP contribution in [0.25, 0.3) is 22.5 Å². The Morgan fingerprint density at radius 1 is 1.16 bits per heavy atom. The first-order chi connectivity index (χ1) is 12.1. The Hall–Kier alpha value is -3.61. The molecule has 1 aromatic heterocycles. The lowest BCUT2D eigenvalue weighted by Gasteiger charge is -2.07. The molecule has 3 aromatic rings. The highest BCUT2D eigenvalue weighted by Crippen LogP contribution is 2.42. The Morgan fingerprint density at radius 3 is 2.60 bits per heavy atom. The second kappa shape index (κ2) is 5.48. The van der Waals surface area contributed by atoms with Crippen molar-refractivity contribution in [2.75, 3.05) is 12.4 Å². The number of amides is 2. The first kappa shape index (κ1) is 14.9. The maximum absolute atomic E-state index is 13.0. The van der Waals surface area contributed by atoms with Gasteiger partial charge in [0.05, 0.1) is 29.6 Å². The van der Waals surface area contributed by atoms with Crippen molar-refractivity contribution < 1.29 is 14.3 Å². The summed E-state index contributed by atoms with van der Waals surface area (Å²) in [5.74, 6) is 0.524. The Bertz CT molecular complexity index is 1010. The number of aromatic nitrogens is 2. The molecule has 0 fully saturated rings. The van der Waals surface area contributed by atoms with Crippen LogP contribution in [0.3, 0.4) is 0 Å². The first-order valence-corrected chi connectivity index (χ1v) is 7.57. The molecule has 2 aromatic carbocycles. The van der Waals surface area contributed by atoms with Crippen LogP contribution >= 0.6 is 0 Å². The molecule has 0 atom stereocenters. The third-order valence-electron chi connectivity index (χ3n) is 4.18. The molecule has 0 bridgehead atoms. The Kier molecular flexibility index (Phi) is 3.28. The lowest BCUT2D eigenvalue weighted by molar-refractivity contribution is 0.104. The van der Waals surface area contributed by atoms with E-state index in [0.717, 1.165) is 11.3 Å². The fraction of sp³-hybridized carbons (Fsp3) is 0.0556. The molecule has 0 saturated heterocycles. The number of anilines is 1. The van der Waals surface area contributed by atoms with Crippen molar-refractivity contribution in [2.24, 2.45) is 5.73 Å². The van der Waals surface area contributed by atoms with Gasteiger partial charge < -0.3 is 15.8 Å². The summed E-state index contributed by atoms with van der Waals surface area (Å²) < 4.78 is 5.16. The Morgan fingerprint density at radius 2 is 1.92 bits per heavy atom. The molecule has 1 heterocycles. The number of nitrogens with zero attached hydrogens (tertiary/aromatic N) is 1. The SMILES string of the molecule is COc1ccc(-c2[nH]nc3c2C(=O)c2c(NC(N)=O)cccc2-3)cc1. The summed E-state index contributed by atoms with van der Waals surface area (Å²) in [4.78, 5) is 24.2. The fourth-order valence-corrected chi connectivity index (χ4v) is 3.08. The van der Waals surface area contributed by atoms with E-state index in [1.54, 1.807) is 25.3 Å². The minimum Gasteiger partial charge on any atom is -0.497 e. The second-order valence-electron chi connectivity index (χ2n) is 5.60. The van der Waals surface area contributed by atoms with Crippen molar-refractivity contribution in [3.05, 3.63) is 53.6 Å². The van der Waals surface area contributed by atoms with Gasteiger partial charge in [0.25, 0.3) is 0 Å². The molecule has 124 valence electrons. The number of primary amides is 1. The standard InChI is InChI=1S/C18H14N4O3/c1-25-10-7-5-9(6-8-10)15-14-16(22-21-15)11-3-2-4-12(20-18(19)24)13(11)17(14)23/h2-8H,1H3,(H,21,22)(H3,19,20,24). The van der Waals surface area contributed by atoms with Crippen LogP contribution in [0.4, 0.5) is 10.5 Å². The summed E-state index contributed by atoms with van der Waals surface area (Å²) in [6.45, 7) is 0. The molecule has 4 N–H and O–H groups in total. The quantitative estimate of drug-likeness (QED) is 0.535. The number of carbonyl (C=O) groups excluding carboxylic acids is 2. The van der Waals surface area contributed by atoms with Crippen LogP contribution in [0, 0.1) is 0 Å². The average Bonchev–Trinajstić information content (AvgIpc) is 3.16. The number of ether oxygens (including phenoxy) is 1. The number of benzene rings is 2. The number of aromatic amines is 1. The van der Waals surface area contributed by atoms with Crippen LogP contribution in [0.15, 0.2) is 42.5 Å². The lowest BCUT2D eigenvalue weighted by atomic mass is 10.0. The molecule has 0 unspecified atom stereocenters. The topological polar surface area (TPSA) is 110 Å². The molecule has 0 radical (unpaired) electrons. The van der Waals surface area contributed by atoms with E-state index in [1.807, 2.05) is 24.3 Å². The zero-order valence-electron chi connectivity index (χ0n) is 13.3. The highest BCUT2D eigenvalue weighted by molar-refractivity contribution is 6.26. The second-order valence-corrected chi connectivity index (χ2v) is 5.60. The fourth-order valence-electron chi connectivity index (χ4n) is 3.08. The van der Waals surface area contributed by atoms with E-state index in [9.17, 15) is 9.59 Å². The summed E-state index contributed by atoms with van der Waals surface area (Å²) >= 11 is 0. The average molecular weight is 334 g/mol. The van der Waals surface area contributed by atoms with Crippen molar-refractivity contribution in [1.29, 1.82) is 0 Å². The van der Waals surface area contributed by atoms with E-state index in [2.05, 4.69) is 15.5 Å². The number of methoxy groups -OCH3 is 1. The number of rotatable bonds is 3. The number of ketones is 1. The molecule has 7 nitrogen and oxygen atoms in total. The largest absolute Gasteiger partial charge is 0.497 e. The van der Waals surface area contributed by atoms with Crippen LogP contribution in [-0.4, -0.2) is 29.1 Å². The highest BCUT2D eigenvalue weighted by atomic mass is 16.5. The van der Waals surface area contributed by atoms with E-state index < -0.39 is 6.03 Å². The maximum atomic E-state index is 13.0. The maximum Gasteiger partial charge on any atom is 0.316 e. The van der Waals surface area contributed by atoms with Gasteiger partial charge in [0, 0.05) is 11.1 Å². The molecule has 25 heavy (non-hydrogen) atoms. The molecule has 2 amide bonds. The van der Waals surface area contributed by atoms with Gasteiger partial charge in [-0.1, -0.05) is 12.1 Å². The number of nitrogens with two attached hydrogens (primary N) is 1. The van der Waals surface area contributed by atoms with Crippen LogP contribution in [0.2, 0.25) is 0 Å².